The Morgan fingerprint density at radius 2 is 2.11 bits per heavy atom. The number of halogens is 2. The highest BCUT2D eigenvalue weighted by Crippen LogP contribution is 2.28. The monoisotopic (exact) mass is 298 g/mol. The molecule has 0 spiro atoms. The van der Waals surface area contributed by atoms with Gasteiger partial charge in [-0.3, -0.25) is 0 Å². The zero-order chi connectivity index (χ0) is 13.2. The third-order valence-corrected chi connectivity index (χ3v) is 5.29. The number of nitrogens with zero attached hydrogens (tertiary/aromatic N) is 1. The van der Waals surface area contributed by atoms with Gasteiger partial charge in [0.25, 0.3) is 0 Å². The Morgan fingerprint density at radius 3 is 3.00 bits per heavy atom. The smallest absolute Gasteiger partial charge is 0.0637 e. The van der Waals surface area contributed by atoms with Gasteiger partial charge in [0.2, 0.25) is 0 Å². The van der Waals surface area contributed by atoms with Gasteiger partial charge in [-0.1, -0.05) is 35.3 Å². The maximum Gasteiger partial charge on any atom is 0.0637 e. The van der Waals surface area contributed by atoms with Gasteiger partial charge in [-0.25, -0.2) is 0 Å². The van der Waals surface area contributed by atoms with Crippen molar-refractivity contribution in [3.8, 4) is 0 Å². The van der Waals surface area contributed by atoms with Crippen LogP contribution in [0.4, 0.5) is 0 Å². The summed E-state index contributed by atoms with van der Waals surface area (Å²) in [5.74, 6) is 0. The van der Waals surface area contributed by atoms with E-state index in [1.807, 2.05) is 18.2 Å². The van der Waals surface area contributed by atoms with Gasteiger partial charge in [0.1, 0.15) is 0 Å². The van der Waals surface area contributed by atoms with Crippen LogP contribution >= 0.6 is 23.2 Å². The third-order valence-electron chi connectivity index (χ3n) is 4.43. The zero-order valence-corrected chi connectivity index (χ0v) is 12.6. The van der Waals surface area contributed by atoms with Crippen LogP contribution in [0.25, 0.3) is 0 Å². The first-order valence-electron chi connectivity index (χ1n) is 7.14. The molecular formula is C15H20Cl2N2. The van der Waals surface area contributed by atoms with Gasteiger partial charge >= 0.3 is 0 Å². The Kier molecular flexibility index (Phi) is 4.33. The first kappa shape index (κ1) is 13.7. The van der Waals surface area contributed by atoms with Crippen LogP contribution in [-0.2, 0) is 6.54 Å². The second-order valence-electron chi connectivity index (χ2n) is 5.65. The molecule has 2 unspecified atom stereocenters. The van der Waals surface area contributed by atoms with Crippen LogP contribution in [-0.4, -0.2) is 30.1 Å². The molecule has 2 heterocycles. The standard InChI is InChI=1S/C15H20Cl2N2/c16-14-5-1-3-11(15(14)17)10-18-12-6-8-19-7-2-4-13(19)9-12/h1,3,5,12-13,18H,2,4,6-10H2. The highest BCUT2D eigenvalue weighted by atomic mass is 35.5. The van der Waals surface area contributed by atoms with Crippen molar-refractivity contribution in [2.24, 2.45) is 0 Å². The van der Waals surface area contributed by atoms with Crippen molar-refractivity contribution in [2.45, 2.75) is 44.3 Å². The molecule has 1 N–H and O–H groups in total. The molecule has 0 aromatic heterocycles. The van der Waals surface area contributed by atoms with E-state index in [0.29, 0.717) is 16.1 Å². The molecule has 0 amide bonds. The van der Waals surface area contributed by atoms with Crippen LogP contribution in [0.2, 0.25) is 10.0 Å². The summed E-state index contributed by atoms with van der Waals surface area (Å²) in [5.41, 5.74) is 1.10. The Bertz CT molecular complexity index is 450. The topological polar surface area (TPSA) is 15.3 Å². The summed E-state index contributed by atoms with van der Waals surface area (Å²) in [6.07, 6.45) is 5.26. The highest BCUT2D eigenvalue weighted by molar-refractivity contribution is 6.42. The van der Waals surface area contributed by atoms with Gasteiger partial charge in [-0.05, 0) is 50.4 Å². The number of hydrogen-bond acceptors (Lipinski definition) is 2. The Balaban J connectivity index is 1.56. The lowest BCUT2D eigenvalue weighted by Gasteiger charge is -2.35. The van der Waals surface area contributed by atoms with Crippen LogP contribution in [0, 0.1) is 0 Å². The molecule has 2 nitrogen and oxygen atoms in total. The minimum atomic E-state index is 0.620. The average molecular weight is 299 g/mol. The molecular weight excluding hydrogens is 279 g/mol. The quantitative estimate of drug-likeness (QED) is 0.915. The molecule has 2 saturated heterocycles. The summed E-state index contributed by atoms with van der Waals surface area (Å²) < 4.78 is 0. The second kappa shape index (κ2) is 6.01. The molecule has 3 rings (SSSR count). The molecule has 4 heteroatoms. The zero-order valence-electron chi connectivity index (χ0n) is 11.0. The molecule has 1 aromatic rings. The maximum absolute atomic E-state index is 6.22. The predicted molar refractivity (Wildman–Crippen MR) is 80.9 cm³/mol. The van der Waals surface area contributed by atoms with Crippen molar-refractivity contribution >= 4 is 23.2 Å². The van der Waals surface area contributed by atoms with E-state index in [4.69, 9.17) is 23.2 Å². The molecule has 104 valence electrons. The van der Waals surface area contributed by atoms with Gasteiger partial charge in [0.05, 0.1) is 10.0 Å². The van der Waals surface area contributed by atoms with Crippen molar-refractivity contribution in [1.29, 1.82) is 0 Å². The van der Waals surface area contributed by atoms with E-state index in [1.54, 1.807) is 0 Å². The number of rotatable bonds is 3. The lowest BCUT2D eigenvalue weighted by Crippen LogP contribution is -2.45. The summed E-state index contributed by atoms with van der Waals surface area (Å²) in [5, 5.41) is 4.98. The Hall–Kier alpha value is -0.280. The first-order chi connectivity index (χ1) is 9.24. The minimum Gasteiger partial charge on any atom is -0.310 e. The van der Waals surface area contributed by atoms with Crippen LogP contribution < -0.4 is 5.32 Å². The van der Waals surface area contributed by atoms with Gasteiger partial charge in [0.15, 0.2) is 0 Å². The molecule has 2 aliphatic rings. The third kappa shape index (κ3) is 3.08. The molecule has 0 aliphatic carbocycles. The molecule has 0 saturated carbocycles. The normalized spacial score (nSPS) is 27.5. The van der Waals surface area contributed by atoms with E-state index in [1.165, 1.54) is 38.8 Å². The fraction of sp³-hybridized carbons (Fsp3) is 0.600. The van der Waals surface area contributed by atoms with E-state index in [2.05, 4.69) is 10.2 Å². The van der Waals surface area contributed by atoms with Gasteiger partial charge in [0, 0.05) is 18.6 Å². The highest BCUT2D eigenvalue weighted by Gasteiger charge is 2.31. The second-order valence-corrected chi connectivity index (χ2v) is 6.43. The van der Waals surface area contributed by atoms with Crippen molar-refractivity contribution in [1.82, 2.24) is 10.2 Å². The molecule has 2 atom stereocenters. The molecule has 0 bridgehead atoms. The van der Waals surface area contributed by atoms with Crippen molar-refractivity contribution in [2.75, 3.05) is 13.1 Å². The van der Waals surface area contributed by atoms with Crippen LogP contribution in [0.1, 0.15) is 31.2 Å². The van der Waals surface area contributed by atoms with Crippen molar-refractivity contribution in [3.63, 3.8) is 0 Å². The van der Waals surface area contributed by atoms with Crippen LogP contribution in [0.3, 0.4) is 0 Å². The largest absolute Gasteiger partial charge is 0.310 e. The van der Waals surface area contributed by atoms with Gasteiger partial charge in [-0.2, -0.15) is 0 Å². The van der Waals surface area contributed by atoms with Gasteiger partial charge in [-0.15, -0.1) is 0 Å². The van der Waals surface area contributed by atoms with E-state index in [0.717, 1.165) is 18.2 Å². The summed E-state index contributed by atoms with van der Waals surface area (Å²) in [6, 6.07) is 7.27. The summed E-state index contributed by atoms with van der Waals surface area (Å²) in [6.45, 7) is 3.36. The maximum atomic E-state index is 6.22. The predicted octanol–water partition coefficient (Wildman–Crippen LogP) is 3.71. The van der Waals surface area contributed by atoms with Crippen LogP contribution in [0.15, 0.2) is 18.2 Å². The molecule has 2 aliphatic heterocycles. The fourth-order valence-electron chi connectivity index (χ4n) is 3.35. The Morgan fingerprint density at radius 1 is 1.21 bits per heavy atom. The number of benzene rings is 1. The lowest BCUT2D eigenvalue weighted by molar-refractivity contribution is 0.166. The Labute approximate surface area is 125 Å². The van der Waals surface area contributed by atoms with E-state index >= 15 is 0 Å². The molecule has 19 heavy (non-hydrogen) atoms. The average Bonchev–Trinajstić information content (AvgIpc) is 2.88. The van der Waals surface area contributed by atoms with Crippen molar-refractivity contribution < 1.29 is 0 Å². The molecule has 1 aromatic carbocycles. The number of nitrogens with one attached hydrogen (secondary N) is 1. The number of hydrogen-bond donors (Lipinski definition) is 1. The number of fused-ring (bicyclic) bond motifs is 1. The summed E-state index contributed by atoms with van der Waals surface area (Å²) in [7, 11) is 0. The van der Waals surface area contributed by atoms with E-state index < -0.39 is 0 Å². The van der Waals surface area contributed by atoms with Crippen molar-refractivity contribution in [3.05, 3.63) is 33.8 Å². The number of piperidine rings is 1. The summed E-state index contributed by atoms with van der Waals surface area (Å²) >= 11 is 12.3. The fourth-order valence-corrected chi connectivity index (χ4v) is 3.74. The first-order valence-corrected chi connectivity index (χ1v) is 7.90. The molecule has 2 fully saturated rings. The minimum absolute atomic E-state index is 0.620. The molecule has 0 radical (unpaired) electrons. The van der Waals surface area contributed by atoms with E-state index in [-0.39, 0.29) is 0 Å². The van der Waals surface area contributed by atoms with Crippen LogP contribution in [0.5, 0.6) is 0 Å². The SMILES string of the molecule is Clc1cccc(CNC2CCN3CCCC3C2)c1Cl. The lowest BCUT2D eigenvalue weighted by atomic mass is 9.97. The van der Waals surface area contributed by atoms with Gasteiger partial charge < -0.3 is 10.2 Å². The summed E-state index contributed by atoms with van der Waals surface area (Å²) in [4.78, 5) is 2.64. The van der Waals surface area contributed by atoms with E-state index in [9.17, 15) is 0 Å².